The molecule has 0 saturated heterocycles. The van der Waals surface area contributed by atoms with E-state index in [1.165, 1.54) is 18.2 Å². The number of aromatic nitrogens is 2. The van der Waals surface area contributed by atoms with Gasteiger partial charge in [-0.1, -0.05) is 18.2 Å². The maximum atomic E-state index is 13.8. The standard InChI is InChI=1S/C19H17F3N4/c1-12-11-17(23-10-9-13-5-7-14(20)8-6-13)25-19(24-12)26-18-15(21)3-2-4-16(18)22/h2-8,11H,9-10H2,1H3,(H2,23,24,25,26). The van der Waals surface area contributed by atoms with Crippen molar-refractivity contribution in [1.82, 2.24) is 9.97 Å². The molecule has 1 heterocycles. The molecule has 0 spiro atoms. The SMILES string of the molecule is Cc1cc(NCCc2ccc(F)cc2)nc(Nc2c(F)cccc2F)n1. The Morgan fingerprint density at radius 2 is 1.62 bits per heavy atom. The fourth-order valence-corrected chi connectivity index (χ4v) is 2.43. The Balaban J connectivity index is 1.68. The summed E-state index contributed by atoms with van der Waals surface area (Å²) in [5.74, 6) is -1.09. The van der Waals surface area contributed by atoms with Crippen molar-refractivity contribution in [3.8, 4) is 0 Å². The molecular weight excluding hydrogens is 341 g/mol. The van der Waals surface area contributed by atoms with Crippen LogP contribution in [0.15, 0.2) is 48.5 Å². The fraction of sp³-hybridized carbons (Fsp3) is 0.158. The molecule has 1 aromatic heterocycles. The predicted molar refractivity (Wildman–Crippen MR) is 95.0 cm³/mol. The largest absolute Gasteiger partial charge is 0.370 e. The second kappa shape index (κ2) is 7.86. The number of benzene rings is 2. The van der Waals surface area contributed by atoms with Crippen molar-refractivity contribution < 1.29 is 13.2 Å². The molecule has 0 amide bonds. The van der Waals surface area contributed by atoms with Crippen LogP contribution >= 0.6 is 0 Å². The minimum Gasteiger partial charge on any atom is -0.370 e. The number of anilines is 3. The third-order valence-corrected chi connectivity index (χ3v) is 3.69. The predicted octanol–water partition coefficient (Wildman–Crippen LogP) is 4.60. The second-order valence-corrected chi connectivity index (χ2v) is 5.74. The van der Waals surface area contributed by atoms with Crippen molar-refractivity contribution in [3.63, 3.8) is 0 Å². The molecule has 3 rings (SSSR count). The van der Waals surface area contributed by atoms with E-state index in [1.807, 2.05) is 0 Å². The van der Waals surface area contributed by atoms with Gasteiger partial charge in [-0.3, -0.25) is 0 Å². The Labute approximate surface area is 149 Å². The minimum absolute atomic E-state index is 0.0956. The molecule has 0 atom stereocenters. The number of rotatable bonds is 6. The van der Waals surface area contributed by atoms with Crippen molar-refractivity contribution in [3.05, 3.63) is 77.2 Å². The van der Waals surface area contributed by atoms with Crippen molar-refractivity contribution in [2.24, 2.45) is 0 Å². The Morgan fingerprint density at radius 3 is 2.31 bits per heavy atom. The molecule has 7 heteroatoms. The van der Waals surface area contributed by atoms with Gasteiger partial charge < -0.3 is 10.6 Å². The van der Waals surface area contributed by atoms with Gasteiger partial charge in [0.1, 0.15) is 29.0 Å². The smallest absolute Gasteiger partial charge is 0.229 e. The van der Waals surface area contributed by atoms with Gasteiger partial charge in [0.05, 0.1) is 0 Å². The summed E-state index contributed by atoms with van der Waals surface area (Å²) in [4.78, 5) is 8.38. The van der Waals surface area contributed by atoms with E-state index < -0.39 is 11.6 Å². The van der Waals surface area contributed by atoms with Crippen LogP contribution in [0.1, 0.15) is 11.3 Å². The monoisotopic (exact) mass is 358 g/mol. The number of halogens is 3. The van der Waals surface area contributed by atoms with Crippen molar-refractivity contribution in [2.75, 3.05) is 17.2 Å². The van der Waals surface area contributed by atoms with E-state index in [9.17, 15) is 13.2 Å². The van der Waals surface area contributed by atoms with Crippen molar-refractivity contribution >= 4 is 17.5 Å². The summed E-state index contributed by atoms with van der Waals surface area (Å²) < 4.78 is 40.4. The first-order chi connectivity index (χ1) is 12.5. The quantitative estimate of drug-likeness (QED) is 0.676. The van der Waals surface area contributed by atoms with E-state index in [-0.39, 0.29) is 17.5 Å². The van der Waals surface area contributed by atoms with Gasteiger partial charge >= 0.3 is 0 Å². The molecule has 0 aliphatic heterocycles. The molecule has 0 radical (unpaired) electrons. The summed E-state index contributed by atoms with van der Waals surface area (Å²) in [7, 11) is 0. The van der Waals surface area contributed by atoms with Gasteiger partial charge in [0.15, 0.2) is 0 Å². The third-order valence-electron chi connectivity index (χ3n) is 3.69. The molecule has 26 heavy (non-hydrogen) atoms. The maximum absolute atomic E-state index is 13.8. The summed E-state index contributed by atoms with van der Waals surface area (Å²) >= 11 is 0. The van der Waals surface area contributed by atoms with Crippen LogP contribution in [0.2, 0.25) is 0 Å². The lowest BCUT2D eigenvalue weighted by molar-refractivity contribution is 0.590. The lowest BCUT2D eigenvalue weighted by atomic mass is 10.1. The van der Waals surface area contributed by atoms with E-state index >= 15 is 0 Å². The molecule has 0 fully saturated rings. The number of aryl methyl sites for hydroxylation is 1. The Bertz CT molecular complexity index is 878. The van der Waals surface area contributed by atoms with E-state index in [0.717, 1.165) is 17.7 Å². The highest BCUT2D eigenvalue weighted by Gasteiger charge is 2.11. The van der Waals surface area contributed by atoms with E-state index in [4.69, 9.17) is 0 Å². The number of para-hydroxylation sites is 1. The van der Waals surface area contributed by atoms with Crippen LogP contribution < -0.4 is 10.6 Å². The number of nitrogens with one attached hydrogen (secondary N) is 2. The first kappa shape index (κ1) is 17.7. The molecule has 2 N–H and O–H groups in total. The van der Waals surface area contributed by atoms with Gasteiger partial charge in [-0.05, 0) is 43.2 Å². The number of nitrogens with zero attached hydrogens (tertiary/aromatic N) is 2. The summed E-state index contributed by atoms with van der Waals surface area (Å²) in [5, 5.41) is 5.71. The lowest BCUT2D eigenvalue weighted by Crippen LogP contribution is -2.09. The van der Waals surface area contributed by atoms with Gasteiger partial charge in [0.2, 0.25) is 5.95 Å². The molecule has 3 aromatic rings. The van der Waals surface area contributed by atoms with Crippen LogP contribution in [0.4, 0.5) is 30.6 Å². The molecule has 0 unspecified atom stereocenters. The van der Waals surface area contributed by atoms with E-state index in [2.05, 4.69) is 20.6 Å². The van der Waals surface area contributed by atoms with Gasteiger partial charge in [0.25, 0.3) is 0 Å². The zero-order valence-electron chi connectivity index (χ0n) is 14.1. The molecule has 0 aliphatic rings. The normalized spacial score (nSPS) is 10.6. The summed E-state index contributed by atoms with van der Waals surface area (Å²) in [6.45, 7) is 2.32. The highest BCUT2D eigenvalue weighted by Crippen LogP contribution is 2.22. The third kappa shape index (κ3) is 4.50. The van der Waals surface area contributed by atoms with E-state index in [1.54, 1.807) is 25.1 Å². The van der Waals surface area contributed by atoms with Gasteiger partial charge in [-0.25, -0.2) is 18.2 Å². The fourth-order valence-electron chi connectivity index (χ4n) is 2.43. The Morgan fingerprint density at radius 1 is 0.923 bits per heavy atom. The summed E-state index contributed by atoms with van der Waals surface area (Å²) in [6, 6.07) is 11.6. The van der Waals surface area contributed by atoms with Gasteiger partial charge in [-0.2, -0.15) is 4.98 Å². The molecule has 134 valence electrons. The maximum Gasteiger partial charge on any atom is 0.229 e. The van der Waals surface area contributed by atoms with Crippen molar-refractivity contribution in [1.29, 1.82) is 0 Å². The van der Waals surface area contributed by atoms with Crippen LogP contribution in [-0.2, 0) is 6.42 Å². The van der Waals surface area contributed by atoms with Gasteiger partial charge in [-0.15, -0.1) is 0 Å². The Kier molecular flexibility index (Phi) is 5.36. The molecule has 2 aromatic carbocycles. The van der Waals surface area contributed by atoms with Crippen LogP contribution in [0.5, 0.6) is 0 Å². The van der Waals surface area contributed by atoms with Crippen LogP contribution in [0, 0.1) is 24.4 Å². The zero-order valence-corrected chi connectivity index (χ0v) is 14.1. The molecule has 0 bridgehead atoms. The summed E-state index contributed by atoms with van der Waals surface area (Å²) in [5.41, 5.74) is 1.33. The average Bonchev–Trinajstić information content (AvgIpc) is 2.60. The highest BCUT2D eigenvalue weighted by molar-refractivity contribution is 5.56. The van der Waals surface area contributed by atoms with Crippen molar-refractivity contribution in [2.45, 2.75) is 13.3 Å². The lowest BCUT2D eigenvalue weighted by Gasteiger charge is -2.11. The number of hydrogen-bond acceptors (Lipinski definition) is 4. The van der Waals surface area contributed by atoms with Crippen LogP contribution in [0.3, 0.4) is 0 Å². The molecular formula is C19H17F3N4. The first-order valence-electron chi connectivity index (χ1n) is 8.06. The molecule has 0 aliphatic carbocycles. The highest BCUT2D eigenvalue weighted by atomic mass is 19.1. The van der Waals surface area contributed by atoms with Crippen LogP contribution in [0.25, 0.3) is 0 Å². The first-order valence-corrected chi connectivity index (χ1v) is 8.06. The average molecular weight is 358 g/mol. The second-order valence-electron chi connectivity index (χ2n) is 5.74. The van der Waals surface area contributed by atoms with Gasteiger partial charge in [0, 0.05) is 18.3 Å². The molecule has 4 nitrogen and oxygen atoms in total. The minimum atomic E-state index is -0.721. The zero-order chi connectivity index (χ0) is 18.5. The molecule has 0 saturated carbocycles. The Hall–Kier alpha value is -3.09. The topological polar surface area (TPSA) is 49.8 Å². The number of hydrogen-bond donors (Lipinski definition) is 2. The van der Waals surface area contributed by atoms with Crippen LogP contribution in [-0.4, -0.2) is 16.5 Å². The summed E-state index contributed by atoms with van der Waals surface area (Å²) in [6.07, 6.45) is 0.675. The van der Waals surface area contributed by atoms with E-state index in [0.29, 0.717) is 24.5 Å².